The number of hydrogen-bond donors (Lipinski definition) is 4. The highest BCUT2D eigenvalue weighted by atomic mass is 31.2. The van der Waals surface area contributed by atoms with Gasteiger partial charge in [-0.25, -0.2) is 19.6 Å². The van der Waals surface area contributed by atoms with Crippen molar-refractivity contribution in [1.29, 1.82) is 0 Å². The third-order valence-corrected chi connectivity index (χ3v) is 8.88. The largest absolute Gasteiger partial charge is 0.408 e. The fraction of sp³-hybridized carbons (Fsp3) is 0.632. The van der Waals surface area contributed by atoms with Crippen LogP contribution < -0.4 is 10.8 Å². The summed E-state index contributed by atoms with van der Waals surface area (Å²) in [5.74, 6) is -0.825. The molecule has 0 aliphatic carbocycles. The second kappa shape index (κ2) is 11.4. The molecule has 5 N–H and O–H groups in total. The number of anilines is 1. The number of aliphatic hydroxyl groups is 2. The number of aliphatic hydroxyl groups excluding tert-OH is 1. The van der Waals surface area contributed by atoms with Crippen molar-refractivity contribution in [2.75, 3.05) is 18.9 Å². The third kappa shape index (κ3) is 5.61. The molecule has 8 atom stereocenters. The molecule has 2 fully saturated rings. The lowest BCUT2D eigenvalue weighted by molar-refractivity contribution is -0.135. The number of azide groups is 1. The number of imidazole rings is 1. The molecule has 2 aromatic heterocycles. The first-order chi connectivity index (χ1) is 18.5. The molecule has 2 saturated heterocycles. The van der Waals surface area contributed by atoms with Gasteiger partial charge in [-0.15, -0.1) is 0 Å². The number of nitrogens with two attached hydrogens (primary N) is 1. The summed E-state index contributed by atoms with van der Waals surface area (Å²) in [7, 11) is -2.34. The molecule has 0 bridgehead atoms. The molecular weight excluding hydrogens is 558 g/mol. The lowest BCUT2D eigenvalue weighted by atomic mass is 9.96. The third-order valence-electron chi connectivity index (χ3n) is 6.58. The van der Waals surface area contributed by atoms with Crippen LogP contribution in [0, 0.1) is 0 Å². The van der Waals surface area contributed by atoms with Gasteiger partial charge in [0.1, 0.15) is 29.6 Å². The van der Waals surface area contributed by atoms with E-state index in [-0.39, 0.29) is 22.9 Å². The predicted octanol–water partition coefficient (Wildman–Crippen LogP) is 0.459. The minimum Gasteiger partial charge on any atom is -0.387 e. The number of likely N-dealkylation sites (tertiary alicyclic amines) is 1. The van der Waals surface area contributed by atoms with Gasteiger partial charge in [-0.1, -0.05) is 0 Å². The number of nitrogens with zero attached hydrogens (tertiary/aromatic N) is 8. The average molecular weight is 586 g/mol. The average Bonchev–Trinajstić information content (AvgIpc) is 3.59. The number of carbonyl (C=O) groups is 2. The van der Waals surface area contributed by atoms with E-state index < -0.39 is 56.4 Å². The minimum atomic E-state index is -4.14. The fourth-order valence-corrected chi connectivity index (χ4v) is 6.09. The van der Waals surface area contributed by atoms with Crippen molar-refractivity contribution in [1.82, 2.24) is 29.5 Å². The SMILES string of the molecule is C[C@H](NP(=O)(OP)OCC1O[C@@H](n2cnc3c(N=[N+]=[N-])nc(N)nc32)[C@](C)(O)[C@@H]1O)C(=O)N1CCC[C@H]1C=O. The summed E-state index contributed by atoms with van der Waals surface area (Å²) in [5.41, 5.74) is 12.7. The lowest BCUT2D eigenvalue weighted by Crippen LogP contribution is -2.47. The number of carbonyl (C=O) groups excluding carboxylic acids is 2. The first kappa shape index (κ1) is 29.2. The molecule has 18 nitrogen and oxygen atoms in total. The molecule has 3 unspecified atom stereocenters. The maximum atomic E-state index is 13.2. The van der Waals surface area contributed by atoms with Gasteiger partial charge in [0.2, 0.25) is 11.9 Å². The zero-order valence-electron chi connectivity index (χ0n) is 20.9. The lowest BCUT2D eigenvalue weighted by Gasteiger charge is -2.28. The Morgan fingerprint density at radius 3 is 2.97 bits per heavy atom. The van der Waals surface area contributed by atoms with Gasteiger partial charge in [0.05, 0.1) is 25.0 Å². The van der Waals surface area contributed by atoms with Crippen molar-refractivity contribution >= 4 is 52.3 Å². The van der Waals surface area contributed by atoms with E-state index in [2.05, 4.69) is 30.1 Å². The number of fused-ring (bicyclic) bond motifs is 1. The molecular formula is C19H28N10O8P2. The Morgan fingerprint density at radius 2 is 2.31 bits per heavy atom. The monoisotopic (exact) mass is 586 g/mol. The number of hydrogen-bond acceptors (Lipinski definition) is 13. The predicted molar refractivity (Wildman–Crippen MR) is 137 cm³/mol. The zero-order valence-corrected chi connectivity index (χ0v) is 22.9. The maximum Gasteiger partial charge on any atom is 0.408 e. The minimum absolute atomic E-state index is 0.0625. The first-order valence-electron chi connectivity index (χ1n) is 11.7. The van der Waals surface area contributed by atoms with E-state index in [4.69, 9.17) is 24.8 Å². The topological polar surface area (TPSA) is 253 Å². The Bertz CT molecular complexity index is 1350. The molecule has 1 amide bonds. The molecule has 0 spiro atoms. The molecule has 0 aromatic carbocycles. The van der Waals surface area contributed by atoms with Gasteiger partial charge >= 0.3 is 7.75 Å². The van der Waals surface area contributed by atoms with Gasteiger partial charge < -0.3 is 30.4 Å². The zero-order chi connectivity index (χ0) is 28.5. The second-order valence-corrected chi connectivity index (χ2v) is 11.6. The summed E-state index contributed by atoms with van der Waals surface area (Å²) in [6.07, 6.45) is -0.899. The highest BCUT2D eigenvalue weighted by molar-refractivity contribution is 7.55. The van der Waals surface area contributed by atoms with Crippen LogP contribution in [-0.4, -0.2) is 89.9 Å². The number of nitrogens with one attached hydrogen (secondary N) is 1. The van der Waals surface area contributed by atoms with Crippen LogP contribution in [0.5, 0.6) is 0 Å². The second-order valence-electron chi connectivity index (χ2n) is 9.24. The van der Waals surface area contributed by atoms with Crippen molar-refractivity contribution in [3.05, 3.63) is 16.8 Å². The summed E-state index contributed by atoms with van der Waals surface area (Å²) in [5, 5.41) is 27.9. The molecule has 4 rings (SSSR count). The van der Waals surface area contributed by atoms with Crippen LogP contribution in [0.1, 0.15) is 32.9 Å². The fourth-order valence-electron chi connectivity index (χ4n) is 4.60. The van der Waals surface area contributed by atoms with Crippen LogP contribution in [0.2, 0.25) is 0 Å². The molecule has 2 aliphatic rings. The van der Waals surface area contributed by atoms with Crippen LogP contribution in [0.15, 0.2) is 11.4 Å². The number of aldehydes is 1. The normalized spacial score (nSPS) is 29.2. The Morgan fingerprint density at radius 1 is 1.56 bits per heavy atom. The Hall–Kier alpha value is -2.78. The van der Waals surface area contributed by atoms with Crippen LogP contribution >= 0.6 is 17.2 Å². The number of rotatable bonds is 10. The van der Waals surface area contributed by atoms with Crippen molar-refractivity contribution in [3.8, 4) is 0 Å². The van der Waals surface area contributed by atoms with Crippen LogP contribution in [0.25, 0.3) is 21.6 Å². The van der Waals surface area contributed by atoms with E-state index in [1.807, 2.05) is 0 Å². The van der Waals surface area contributed by atoms with Gasteiger partial charge in [-0.3, -0.25) is 18.2 Å². The first-order valence-corrected chi connectivity index (χ1v) is 13.7. The molecule has 0 radical (unpaired) electrons. The molecule has 39 heavy (non-hydrogen) atoms. The van der Waals surface area contributed by atoms with E-state index in [9.17, 15) is 24.4 Å². The van der Waals surface area contributed by atoms with Crippen molar-refractivity contribution < 1.29 is 37.9 Å². The van der Waals surface area contributed by atoms with Gasteiger partial charge in [0.25, 0.3) is 0 Å². The molecule has 4 heterocycles. The molecule has 212 valence electrons. The van der Waals surface area contributed by atoms with E-state index in [0.717, 1.165) is 0 Å². The standard InChI is InChI=1S/C19H28N10O8P2/c1-9(16(32)28-5-3-4-10(28)6-30)26-39(34,37-38)35-7-11-13(31)19(2,33)17(36-11)29-8-22-12-14(25-27-21)23-18(20)24-15(12)29/h6,8-11,13,17,31,33H,3-5,7,38H2,1-2H3,(H,26,34)(H2,20,23,24)/t9-,10-,11?,13+,17+,19+,39?/m0/s1. The Balaban J connectivity index is 1.49. The number of ether oxygens (including phenoxy) is 1. The Kier molecular flexibility index (Phi) is 8.52. The highest BCUT2D eigenvalue weighted by Gasteiger charge is 2.54. The molecule has 2 aliphatic heterocycles. The van der Waals surface area contributed by atoms with E-state index in [0.29, 0.717) is 25.7 Å². The summed E-state index contributed by atoms with van der Waals surface area (Å²) in [6.45, 7) is 2.62. The van der Waals surface area contributed by atoms with Crippen molar-refractivity contribution in [3.63, 3.8) is 0 Å². The highest BCUT2D eigenvalue weighted by Crippen LogP contribution is 2.48. The number of amides is 1. The molecule has 0 saturated carbocycles. The van der Waals surface area contributed by atoms with Gasteiger partial charge in [-0.2, -0.15) is 4.98 Å². The summed E-state index contributed by atoms with van der Waals surface area (Å²) in [6, 6.07) is -1.59. The van der Waals surface area contributed by atoms with E-state index in [1.54, 1.807) is 9.47 Å². The van der Waals surface area contributed by atoms with E-state index in [1.165, 1.54) is 29.6 Å². The van der Waals surface area contributed by atoms with Crippen molar-refractivity contribution in [2.24, 2.45) is 5.11 Å². The van der Waals surface area contributed by atoms with Gasteiger partial charge in [0.15, 0.2) is 17.7 Å². The van der Waals surface area contributed by atoms with Crippen molar-refractivity contribution in [2.45, 2.75) is 62.8 Å². The Labute approximate surface area is 223 Å². The quantitative estimate of drug-likeness (QED) is 0.0971. The molecule has 20 heteroatoms. The summed E-state index contributed by atoms with van der Waals surface area (Å²) >= 11 is 0. The maximum absolute atomic E-state index is 13.2. The number of aromatic nitrogens is 4. The van der Waals surface area contributed by atoms with E-state index >= 15 is 0 Å². The van der Waals surface area contributed by atoms with Gasteiger partial charge in [-0.05, 0) is 37.3 Å². The number of nitrogen functional groups attached to an aromatic ring is 1. The smallest absolute Gasteiger partial charge is 0.387 e. The van der Waals surface area contributed by atoms with Crippen LogP contribution in [-0.2, 0) is 27.7 Å². The summed E-state index contributed by atoms with van der Waals surface area (Å²) < 4.78 is 30.7. The molecule has 2 aromatic rings. The van der Waals surface area contributed by atoms with Gasteiger partial charge in [0, 0.05) is 20.9 Å². The van der Waals surface area contributed by atoms with Crippen LogP contribution in [0.4, 0.5) is 11.8 Å². The summed E-state index contributed by atoms with van der Waals surface area (Å²) in [4.78, 5) is 40.1. The van der Waals surface area contributed by atoms with Crippen LogP contribution in [0.3, 0.4) is 0 Å².